The number of amides is 2. The maximum atomic E-state index is 12.3. The van der Waals surface area contributed by atoms with Crippen molar-refractivity contribution in [3.8, 4) is 0 Å². The normalized spacial score (nSPS) is 20.7. The van der Waals surface area contributed by atoms with Crippen molar-refractivity contribution >= 4 is 23.8 Å². The molecule has 1 aromatic rings. The zero-order chi connectivity index (χ0) is 20.9. The summed E-state index contributed by atoms with van der Waals surface area (Å²) in [5, 5.41) is 14.8. The number of aliphatic carboxylic acids is 1. The van der Waals surface area contributed by atoms with Crippen LogP contribution in [-0.2, 0) is 9.53 Å². The molecule has 0 bridgehead atoms. The van der Waals surface area contributed by atoms with Crippen LogP contribution < -0.4 is 16.4 Å². The first-order chi connectivity index (χ1) is 13.1. The first kappa shape index (κ1) is 21.4. The van der Waals surface area contributed by atoms with Crippen molar-refractivity contribution < 1.29 is 24.2 Å². The van der Waals surface area contributed by atoms with Gasteiger partial charge < -0.3 is 26.2 Å². The highest BCUT2D eigenvalue weighted by Crippen LogP contribution is 2.28. The second-order valence-electron chi connectivity index (χ2n) is 7.84. The Morgan fingerprint density at radius 3 is 2.32 bits per heavy atom. The van der Waals surface area contributed by atoms with Gasteiger partial charge in [0.2, 0.25) is 0 Å². The van der Waals surface area contributed by atoms with Gasteiger partial charge in [0.15, 0.2) is 11.5 Å². The topological polar surface area (TPSA) is 157 Å². The van der Waals surface area contributed by atoms with E-state index in [-0.39, 0.29) is 23.5 Å². The molecule has 2 rings (SSSR count). The molecule has 0 saturated heterocycles. The van der Waals surface area contributed by atoms with Crippen LogP contribution in [0.3, 0.4) is 0 Å². The summed E-state index contributed by atoms with van der Waals surface area (Å²) in [4.78, 5) is 43.6. The van der Waals surface area contributed by atoms with Crippen LogP contribution >= 0.6 is 0 Å². The van der Waals surface area contributed by atoms with Gasteiger partial charge >= 0.3 is 12.1 Å². The van der Waals surface area contributed by atoms with Gasteiger partial charge in [-0.15, -0.1) is 0 Å². The van der Waals surface area contributed by atoms with Crippen LogP contribution in [0.4, 0.5) is 10.6 Å². The third kappa shape index (κ3) is 6.07. The predicted molar refractivity (Wildman–Crippen MR) is 100 cm³/mol. The minimum absolute atomic E-state index is 0.0567. The van der Waals surface area contributed by atoms with Crippen LogP contribution in [0.2, 0.25) is 0 Å². The minimum atomic E-state index is -1.11. The molecule has 1 heterocycles. The Bertz CT molecular complexity index is 725. The van der Waals surface area contributed by atoms with Crippen LogP contribution in [-0.4, -0.2) is 50.7 Å². The average molecular weight is 393 g/mol. The number of carboxylic acid groups (broad SMARTS) is 1. The Balaban J connectivity index is 1.90. The summed E-state index contributed by atoms with van der Waals surface area (Å²) in [5.74, 6) is -1.71. The Kier molecular flexibility index (Phi) is 6.76. The SMILES string of the molecule is CC(C)(C)OC(=O)N[C@H](C(=O)O)C1CCC(NC(=O)c2nccnc2N)CC1. The van der Waals surface area contributed by atoms with Crippen LogP contribution in [0, 0.1) is 5.92 Å². The van der Waals surface area contributed by atoms with E-state index in [1.54, 1.807) is 20.8 Å². The lowest BCUT2D eigenvalue weighted by molar-refractivity contribution is -0.141. The first-order valence-electron chi connectivity index (χ1n) is 9.16. The van der Waals surface area contributed by atoms with Gasteiger partial charge in [-0.25, -0.2) is 19.6 Å². The molecule has 1 aromatic heterocycles. The molecular formula is C18H27N5O5. The number of anilines is 1. The molecular weight excluding hydrogens is 366 g/mol. The van der Waals surface area contributed by atoms with E-state index in [9.17, 15) is 19.5 Å². The van der Waals surface area contributed by atoms with Crippen molar-refractivity contribution in [2.45, 2.75) is 64.1 Å². The number of nitrogens with zero attached hydrogens (tertiary/aromatic N) is 2. The van der Waals surface area contributed by atoms with Crippen LogP contribution in [0.25, 0.3) is 0 Å². The highest BCUT2D eigenvalue weighted by molar-refractivity contribution is 5.96. The van der Waals surface area contributed by atoms with Gasteiger partial charge in [-0.1, -0.05) is 0 Å². The molecule has 0 unspecified atom stereocenters. The van der Waals surface area contributed by atoms with E-state index in [2.05, 4.69) is 20.6 Å². The van der Waals surface area contributed by atoms with Gasteiger partial charge in [-0.2, -0.15) is 0 Å². The zero-order valence-corrected chi connectivity index (χ0v) is 16.3. The summed E-state index contributed by atoms with van der Waals surface area (Å²) in [5.41, 5.74) is 5.02. The molecule has 1 fully saturated rings. The summed E-state index contributed by atoms with van der Waals surface area (Å²) in [6, 6.07) is -1.16. The van der Waals surface area contributed by atoms with Crippen LogP contribution in [0.1, 0.15) is 56.9 Å². The van der Waals surface area contributed by atoms with Gasteiger partial charge in [0.05, 0.1) is 0 Å². The summed E-state index contributed by atoms with van der Waals surface area (Å²) in [6.45, 7) is 5.13. The Labute approximate surface area is 163 Å². The molecule has 5 N–H and O–H groups in total. The molecule has 1 saturated carbocycles. The number of hydrogen-bond acceptors (Lipinski definition) is 7. The van der Waals surface area contributed by atoms with Crippen LogP contribution in [0.5, 0.6) is 0 Å². The Hall–Kier alpha value is -2.91. The fourth-order valence-corrected chi connectivity index (χ4v) is 3.19. The van der Waals surface area contributed by atoms with E-state index in [1.807, 2.05) is 0 Å². The van der Waals surface area contributed by atoms with Crippen molar-refractivity contribution in [1.82, 2.24) is 20.6 Å². The third-order valence-corrected chi connectivity index (χ3v) is 4.46. The number of hydrogen-bond donors (Lipinski definition) is 4. The lowest BCUT2D eigenvalue weighted by atomic mass is 9.81. The van der Waals surface area contributed by atoms with E-state index in [1.165, 1.54) is 12.4 Å². The molecule has 0 aliphatic heterocycles. The summed E-state index contributed by atoms with van der Waals surface area (Å²) in [7, 11) is 0. The van der Waals surface area contributed by atoms with E-state index in [0.717, 1.165) is 0 Å². The Morgan fingerprint density at radius 2 is 1.79 bits per heavy atom. The number of aromatic nitrogens is 2. The molecule has 0 aromatic carbocycles. The smallest absolute Gasteiger partial charge is 0.408 e. The second kappa shape index (κ2) is 8.85. The van der Waals surface area contributed by atoms with E-state index < -0.39 is 29.6 Å². The molecule has 10 nitrogen and oxygen atoms in total. The summed E-state index contributed by atoms with van der Waals surface area (Å²) in [6.07, 6.45) is 4.27. The number of nitrogens with one attached hydrogen (secondary N) is 2. The highest BCUT2D eigenvalue weighted by Gasteiger charge is 2.34. The van der Waals surface area contributed by atoms with Crippen molar-refractivity contribution in [3.05, 3.63) is 18.1 Å². The fraction of sp³-hybridized carbons (Fsp3) is 0.611. The highest BCUT2D eigenvalue weighted by atomic mass is 16.6. The van der Waals surface area contributed by atoms with Crippen molar-refractivity contribution in [2.24, 2.45) is 5.92 Å². The van der Waals surface area contributed by atoms with Gasteiger partial charge in [-0.3, -0.25) is 4.79 Å². The average Bonchev–Trinajstić information content (AvgIpc) is 2.59. The predicted octanol–water partition coefficient (Wildman–Crippen LogP) is 1.33. The number of ether oxygens (including phenoxy) is 1. The number of nitrogen functional groups attached to an aromatic ring is 1. The lowest BCUT2D eigenvalue weighted by Crippen LogP contribution is -2.49. The van der Waals surface area contributed by atoms with Crippen LogP contribution in [0.15, 0.2) is 12.4 Å². The largest absolute Gasteiger partial charge is 0.480 e. The van der Waals surface area contributed by atoms with E-state index in [4.69, 9.17) is 10.5 Å². The first-order valence-corrected chi connectivity index (χ1v) is 9.16. The maximum absolute atomic E-state index is 12.3. The molecule has 0 spiro atoms. The van der Waals surface area contributed by atoms with Gasteiger partial charge in [0.1, 0.15) is 11.6 Å². The number of carbonyl (C=O) groups is 3. The fourth-order valence-electron chi connectivity index (χ4n) is 3.19. The molecule has 2 amide bonds. The van der Waals surface area contributed by atoms with E-state index in [0.29, 0.717) is 25.7 Å². The zero-order valence-electron chi connectivity index (χ0n) is 16.3. The Morgan fingerprint density at radius 1 is 1.18 bits per heavy atom. The molecule has 1 aliphatic rings. The van der Waals surface area contributed by atoms with Gasteiger partial charge in [0.25, 0.3) is 5.91 Å². The molecule has 0 radical (unpaired) electrons. The molecule has 1 atom stereocenters. The maximum Gasteiger partial charge on any atom is 0.408 e. The number of carbonyl (C=O) groups excluding carboxylic acids is 2. The van der Waals surface area contributed by atoms with Crippen molar-refractivity contribution in [1.29, 1.82) is 0 Å². The standard InChI is InChI=1S/C18H27N5O5/c1-18(2,3)28-17(27)23-12(16(25)26)10-4-6-11(7-5-10)22-15(24)13-14(19)21-9-8-20-13/h8-12H,4-7H2,1-3H3,(H2,19,21)(H,22,24)(H,23,27)(H,25,26)/t10?,11?,12-/m0/s1. The second-order valence-corrected chi connectivity index (χ2v) is 7.84. The number of alkyl carbamates (subject to hydrolysis) is 1. The number of rotatable bonds is 5. The van der Waals surface area contributed by atoms with Gasteiger partial charge in [0, 0.05) is 18.4 Å². The lowest BCUT2D eigenvalue weighted by Gasteiger charge is -2.33. The van der Waals surface area contributed by atoms with Crippen molar-refractivity contribution in [2.75, 3.05) is 5.73 Å². The molecule has 28 heavy (non-hydrogen) atoms. The monoisotopic (exact) mass is 393 g/mol. The summed E-state index contributed by atoms with van der Waals surface area (Å²) >= 11 is 0. The molecule has 1 aliphatic carbocycles. The molecule has 10 heteroatoms. The van der Waals surface area contributed by atoms with Crippen molar-refractivity contribution in [3.63, 3.8) is 0 Å². The number of nitrogens with two attached hydrogens (primary N) is 1. The number of carboxylic acids is 1. The van der Waals surface area contributed by atoms with Gasteiger partial charge in [-0.05, 0) is 52.4 Å². The van der Waals surface area contributed by atoms with E-state index >= 15 is 0 Å². The molecule has 154 valence electrons. The quantitative estimate of drug-likeness (QED) is 0.583. The minimum Gasteiger partial charge on any atom is -0.480 e. The summed E-state index contributed by atoms with van der Waals surface area (Å²) < 4.78 is 5.15. The third-order valence-electron chi connectivity index (χ3n) is 4.46.